The van der Waals surface area contributed by atoms with E-state index in [-0.39, 0.29) is 18.7 Å². The van der Waals surface area contributed by atoms with Crippen molar-refractivity contribution < 1.29 is 24.5 Å². The zero-order valence-electron chi connectivity index (χ0n) is 23.0. The second kappa shape index (κ2) is 16.2. The smallest absolute Gasteiger partial charge is 0.320 e. The van der Waals surface area contributed by atoms with E-state index in [9.17, 15) is 14.7 Å². The Bertz CT molecular complexity index is 1040. The van der Waals surface area contributed by atoms with Gasteiger partial charge in [-0.05, 0) is 62.4 Å². The first kappa shape index (κ1) is 32.2. The van der Waals surface area contributed by atoms with Crippen LogP contribution < -0.4 is 10.6 Å². The molecule has 220 valence electrons. The molecular weight excluding hydrogens is 553 g/mol. The summed E-state index contributed by atoms with van der Waals surface area (Å²) in [5.41, 5.74) is 8.24. The zero-order chi connectivity index (χ0) is 29.1. The molecule has 0 spiro atoms. The number of anilines is 1. The largest absolute Gasteiger partial charge is 0.480 e. The van der Waals surface area contributed by atoms with Crippen molar-refractivity contribution in [2.24, 2.45) is 5.73 Å². The third-order valence-corrected chi connectivity index (χ3v) is 8.13. The van der Waals surface area contributed by atoms with Crippen LogP contribution in [0.4, 0.5) is 5.69 Å². The molecule has 2 aromatic carbocycles. The molecule has 2 aromatic rings. The second-order valence-corrected chi connectivity index (χ2v) is 11.2. The van der Waals surface area contributed by atoms with Gasteiger partial charge in [0.05, 0.1) is 6.61 Å². The summed E-state index contributed by atoms with van der Waals surface area (Å²) in [7, 11) is 2.17. The summed E-state index contributed by atoms with van der Waals surface area (Å²) in [6.45, 7) is 1.24. The lowest BCUT2D eigenvalue weighted by Crippen LogP contribution is -2.43. The SMILES string of the molecule is CN1[C@@H]2CC[C@H]1CC(OC(=O)C(CO)c1ccccc1)C2.N[C@@H](Cc1ccc(N(CCCl)CCCl)cc1)C(=O)O. The monoisotopic (exact) mass is 593 g/mol. The molecule has 2 heterocycles. The highest BCUT2D eigenvalue weighted by atomic mass is 35.5. The van der Waals surface area contributed by atoms with Crippen LogP contribution in [-0.4, -0.2) is 89.8 Å². The molecule has 2 bridgehead atoms. The first-order valence-corrected chi connectivity index (χ1v) is 14.9. The second-order valence-electron chi connectivity index (χ2n) is 10.4. The van der Waals surface area contributed by atoms with Crippen molar-refractivity contribution in [3.63, 3.8) is 0 Å². The average molecular weight is 595 g/mol. The maximum absolute atomic E-state index is 12.4. The predicted molar refractivity (Wildman–Crippen MR) is 159 cm³/mol. The van der Waals surface area contributed by atoms with Gasteiger partial charge in [-0.3, -0.25) is 9.59 Å². The number of benzene rings is 2. The van der Waals surface area contributed by atoms with Gasteiger partial charge in [-0.2, -0.15) is 0 Å². The number of aliphatic hydroxyl groups excluding tert-OH is 1. The van der Waals surface area contributed by atoms with E-state index in [1.807, 2.05) is 54.6 Å². The van der Waals surface area contributed by atoms with Crippen LogP contribution in [0, 0.1) is 0 Å². The Balaban J connectivity index is 0.000000222. The molecule has 0 aliphatic carbocycles. The van der Waals surface area contributed by atoms with Crippen LogP contribution in [0.3, 0.4) is 0 Å². The number of hydrogen-bond acceptors (Lipinski definition) is 7. The van der Waals surface area contributed by atoms with Crippen molar-refractivity contribution in [3.05, 3.63) is 65.7 Å². The molecule has 10 heteroatoms. The Labute approximate surface area is 247 Å². The van der Waals surface area contributed by atoms with Crippen molar-refractivity contribution >= 4 is 40.8 Å². The minimum Gasteiger partial charge on any atom is -0.480 e. The molecule has 5 atom stereocenters. The number of halogens is 2. The molecule has 4 N–H and O–H groups in total. The number of piperidine rings is 1. The fourth-order valence-corrected chi connectivity index (χ4v) is 5.87. The van der Waals surface area contributed by atoms with Gasteiger partial charge in [-0.15, -0.1) is 23.2 Å². The minimum atomic E-state index is -0.991. The normalized spacial score (nSPS) is 21.6. The van der Waals surface area contributed by atoms with E-state index in [1.54, 1.807) is 0 Å². The summed E-state index contributed by atoms with van der Waals surface area (Å²) in [6.07, 6.45) is 4.58. The molecule has 0 aromatic heterocycles. The molecular formula is C30H41Cl2N3O5. The summed E-state index contributed by atoms with van der Waals surface area (Å²) < 4.78 is 5.70. The predicted octanol–water partition coefficient (Wildman–Crippen LogP) is 3.86. The van der Waals surface area contributed by atoms with Crippen LogP contribution in [0.25, 0.3) is 0 Å². The third kappa shape index (κ3) is 9.08. The molecule has 40 heavy (non-hydrogen) atoms. The zero-order valence-corrected chi connectivity index (χ0v) is 24.5. The number of aliphatic hydroxyl groups is 1. The lowest BCUT2D eigenvalue weighted by molar-refractivity contribution is -0.155. The summed E-state index contributed by atoms with van der Waals surface area (Å²) in [5, 5.41) is 18.3. The van der Waals surface area contributed by atoms with Crippen LogP contribution in [-0.2, 0) is 20.7 Å². The topological polar surface area (TPSA) is 116 Å². The lowest BCUT2D eigenvalue weighted by atomic mass is 9.98. The lowest BCUT2D eigenvalue weighted by Gasteiger charge is -2.36. The van der Waals surface area contributed by atoms with E-state index in [2.05, 4.69) is 16.8 Å². The highest BCUT2D eigenvalue weighted by molar-refractivity contribution is 6.18. The molecule has 8 nitrogen and oxygen atoms in total. The van der Waals surface area contributed by atoms with Crippen LogP contribution in [0.15, 0.2) is 54.6 Å². The number of nitrogens with two attached hydrogens (primary N) is 1. The average Bonchev–Trinajstić information content (AvgIpc) is 3.14. The molecule has 4 rings (SSSR count). The Morgan fingerprint density at radius 2 is 1.60 bits per heavy atom. The van der Waals surface area contributed by atoms with Crippen LogP contribution in [0.1, 0.15) is 42.7 Å². The number of aliphatic carboxylic acids is 1. The molecule has 2 fully saturated rings. The summed E-state index contributed by atoms with van der Waals surface area (Å²) in [5.74, 6) is -0.790. The van der Waals surface area contributed by atoms with E-state index < -0.39 is 17.9 Å². The number of esters is 1. The number of ether oxygens (including phenoxy) is 1. The number of carbonyl (C=O) groups is 2. The molecule has 2 saturated heterocycles. The summed E-state index contributed by atoms with van der Waals surface area (Å²) >= 11 is 11.5. The highest BCUT2D eigenvalue weighted by Gasteiger charge is 2.40. The molecule has 2 unspecified atom stereocenters. The van der Waals surface area contributed by atoms with Gasteiger partial charge in [-0.1, -0.05) is 42.5 Å². The van der Waals surface area contributed by atoms with Gasteiger partial charge in [0.25, 0.3) is 0 Å². The van der Waals surface area contributed by atoms with Gasteiger partial charge < -0.3 is 30.5 Å². The van der Waals surface area contributed by atoms with Gasteiger partial charge in [0.15, 0.2) is 0 Å². The highest BCUT2D eigenvalue weighted by Crippen LogP contribution is 2.36. The minimum absolute atomic E-state index is 0.00367. The Morgan fingerprint density at radius 1 is 1.02 bits per heavy atom. The van der Waals surface area contributed by atoms with E-state index >= 15 is 0 Å². The molecule has 2 aliphatic rings. The molecule has 0 amide bonds. The Morgan fingerprint density at radius 3 is 2.10 bits per heavy atom. The number of nitrogens with zero attached hydrogens (tertiary/aromatic N) is 2. The summed E-state index contributed by atoms with van der Waals surface area (Å²) in [6, 6.07) is 17.2. The van der Waals surface area contributed by atoms with Crippen LogP contribution >= 0.6 is 23.2 Å². The third-order valence-electron chi connectivity index (χ3n) is 7.79. The van der Waals surface area contributed by atoms with Crippen molar-refractivity contribution in [1.29, 1.82) is 0 Å². The quantitative estimate of drug-likeness (QED) is 0.251. The van der Waals surface area contributed by atoms with Gasteiger partial charge in [0, 0.05) is 42.6 Å². The maximum atomic E-state index is 12.4. The fraction of sp³-hybridized carbons (Fsp3) is 0.533. The van der Waals surface area contributed by atoms with Gasteiger partial charge in [0.2, 0.25) is 0 Å². The van der Waals surface area contributed by atoms with Gasteiger partial charge in [0.1, 0.15) is 18.1 Å². The summed E-state index contributed by atoms with van der Waals surface area (Å²) in [4.78, 5) is 27.6. The van der Waals surface area contributed by atoms with Crippen LogP contribution in [0.5, 0.6) is 0 Å². The maximum Gasteiger partial charge on any atom is 0.320 e. The number of fused-ring (bicyclic) bond motifs is 2. The number of rotatable bonds is 12. The van der Waals surface area contributed by atoms with E-state index in [4.69, 9.17) is 38.8 Å². The number of alkyl halides is 2. The Kier molecular flexibility index (Phi) is 13.0. The number of hydrogen-bond donors (Lipinski definition) is 3. The first-order valence-electron chi connectivity index (χ1n) is 13.8. The van der Waals surface area contributed by atoms with E-state index in [0.717, 1.165) is 42.7 Å². The van der Waals surface area contributed by atoms with Crippen LogP contribution in [0.2, 0.25) is 0 Å². The van der Waals surface area contributed by atoms with Crippen molar-refractivity contribution in [2.45, 2.75) is 62.3 Å². The number of carboxylic acid groups (broad SMARTS) is 1. The van der Waals surface area contributed by atoms with Gasteiger partial charge >= 0.3 is 11.9 Å². The van der Waals surface area contributed by atoms with E-state index in [1.165, 1.54) is 12.8 Å². The first-order chi connectivity index (χ1) is 19.3. The van der Waals surface area contributed by atoms with Gasteiger partial charge in [-0.25, -0.2) is 0 Å². The molecule has 0 radical (unpaired) electrons. The standard InChI is InChI=1S/C17H23NO3.C13H18Cl2N2O2/c1-18-13-7-8-14(18)10-15(9-13)21-17(20)16(11-19)12-5-3-2-4-6-12;14-5-7-17(8-6-15)11-3-1-10(2-4-11)9-12(16)13(18)19/h2-6,13-16,19H,7-11H2,1H3;1-4,12H,5-9,16H2,(H,18,19)/t13-,14+,15?,16?;12-/m.0/s1. The van der Waals surface area contributed by atoms with Crippen molar-refractivity contribution in [1.82, 2.24) is 4.90 Å². The van der Waals surface area contributed by atoms with Crippen molar-refractivity contribution in [3.8, 4) is 0 Å². The fourth-order valence-electron chi connectivity index (χ4n) is 5.46. The van der Waals surface area contributed by atoms with Crippen molar-refractivity contribution in [2.75, 3.05) is 43.4 Å². The number of carboxylic acids is 1. The number of carbonyl (C=O) groups excluding carboxylic acids is 1. The Hall–Kier alpha value is -2.36. The molecule has 0 saturated carbocycles. The van der Waals surface area contributed by atoms with E-state index in [0.29, 0.717) is 30.3 Å². The molecule has 2 aliphatic heterocycles.